The molecule has 0 aliphatic rings. The predicted molar refractivity (Wildman–Crippen MR) is 48.8 cm³/mol. The molecule has 74 valence electrons. The van der Waals surface area contributed by atoms with Crippen LogP contribution in [0.5, 0.6) is 0 Å². The molecule has 0 unspecified atom stereocenters. The van der Waals surface area contributed by atoms with Crippen LogP contribution in [0, 0.1) is 0 Å². The SMILES string of the molecule is CCCCCC[C@H](N)P(=O)(O)O. The summed E-state index contributed by atoms with van der Waals surface area (Å²) in [5, 5.41) is 0. The Balaban J connectivity index is 3.45. The summed E-state index contributed by atoms with van der Waals surface area (Å²) >= 11 is 0. The zero-order valence-electron chi connectivity index (χ0n) is 7.44. The Labute approximate surface area is 73.3 Å². The van der Waals surface area contributed by atoms with Crippen molar-refractivity contribution in [2.24, 2.45) is 5.73 Å². The Morgan fingerprint density at radius 3 is 2.33 bits per heavy atom. The molecular weight excluding hydrogens is 177 g/mol. The molecule has 0 aromatic carbocycles. The molecule has 0 radical (unpaired) electrons. The van der Waals surface area contributed by atoms with Crippen LogP contribution in [0.3, 0.4) is 0 Å². The van der Waals surface area contributed by atoms with Crippen molar-refractivity contribution >= 4 is 7.60 Å². The van der Waals surface area contributed by atoms with Gasteiger partial charge in [-0.1, -0.05) is 32.6 Å². The van der Waals surface area contributed by atoms with E-state index < -0.39 is 13.4 Å². The van der Waals surface area contributed by atoms with E-state index in [1.54, 1.807) is 0 Å². The fourth-order valence-corrected chi connectivity index (χ4v) is 1.47. The van der Waals surface area contributed by atoms with E-state index in [-0.39, 0.29) is 0 Å². The molecule has 0 saturated heterocycles. The summed E-state index contributed by atoms with van der Waals surface area (Å²) < 4.78 is 10.6. The first-order chi connectivity index (χ1) is 5.48. The highest BCUT2D eigenvalue weighted by atomic mass is 31.2. The normalized spacial score (nSPS) is 14.7. The summed E-state index contributed by atoms with van der Waals surface area (Å²) in [5.41, 5.74) is 5.27. The van der Waals surface area contributed by atoms with Crippen molar-refractivity contribution in [2.45, 2.75) is 44.8 Å². The molecule has 0 heterocycles. The number of hydrogen-bond acceptors (Lipinski definition) is 2. The molecule has 12 heavy (non-hydrogen) atoms. The number of nitrogens with two attached hydrogens (primary N) is 1. The van der Waals surface area contributed by atoms with E-state index in [1.165, 1.54) is 0 Å². The molecule has 0 aliphatic carbocycles. The zero-order valence-corrected chi connectivity index (χ0v) is 8.33. The van der Waals surface area contributed by atoms with Gasteiger partial charge in [0.05, 0.1) is 0 Å². The Morgan fingerprint density at radius 1 is 1.33 bits per heavy atom. The highest BCUT2D eigenvalue weighted by Crippen LogP contribution is 2.40. The topological polar surface area (TPSA) is 83.6 Å². The van der Waals surface area contributed by atoms with Gasteiger partial charge < -0.3 is 15.5 Å². The fraction of sp³-hybridized carbons (Fsp3) is 1.00. The third-order valence-corrected chi connectivity index (χ3v) is 2.91. The van der Waals surface area contributed by atoms with Crippen LogP contribution in [0.25, 0.3) is 0 Å². The zero-order chi connectivity index (χ0) is 9.61. The van der Waals surface area contributed by atoms with Crippen LogP contribution in [0.15, 0.2) is 0 Å². The third kappa shape index (κ3) is 5.72. The minimum atomic E-state index is -4.03. The quantitative estimate of drug-likeness (QED) is 0.442. The van der Waals surface area contributed by atoms with Crippen LogP contribution in [0.2, 0.25) is 0 Å². The maximum atomic E-state index is 10.6. The maximum Gasteiger partial charge on any atom is 0.342 e. The van der Waals surface area contributed by atoms with Gasteiger partial charge in [-0.05, 0) is 6.42 Å². The first-order valence-corrected chi connectivity index (χ1v) is 5.97. The van der Waals surface area contributed by atoms with Crippen LogP contribution in [0.4, 0.5) is 0 Å². The molecule has 0 aromatic rings. The van der Waals surface area contributed by atoms with Crippen molar-refractivity contribution in [1.29, 1.82) is 0 Å². The van der Waals surface area contributed by atoms with Gasteiger partial charge in [-0.2, -0.15) is 0 Å². The minimum absolute atomic E-state index is 0.421. The van der Waals surface area contributed by atoms with Crippen LogP contribution in [0.1, 0.15) is 39.0 Å². The van der Waals surface area contributed by atoms with Gasteiger partial charge in [0.2, 0.25) is 0 Å². The Bertz CT molecular complexity index is 157. The molecule has 4 nitrogen and oxygen atoms in total. The summed E-state index contributed by atoms with van der Waals surface area (Å²) in [4.78, 5) is 17.3. The average molecular weight is 195 g/mol. The van der Waals surface area contributed by atoms with Gasteiger partial charge in [0.15, 0.2) is 0 Å². The molecule has 0 aromatic heterocycles. The number of hydrogen-bond donors (Lipinski definition) is 3. The molecule has 5 heteroatoms. The lowest BCUT2D eigenvalue weighted by atomic mass is 10.1. The first kappa shape index (κ1) is 12.1. The second kappa shape index (κ2) is 5.70. The standard InChI is InChI=1S/C7H18NO3P/c1-2-3-4-5-6-7(8)12(9,10)11/h7H,2-6,8H2,1H3,(H2,9,10,11)/t7-/m1/s1. The van der Waals surface area contributed by atoms with Gasteiger partial charge in [0.25, 0.3) is 0 Å². The van der Waals surface area contributed by atoms with E-state index in [4.69, 9.17) is 15.5 Å². The van der Waals surface area contributed by atoms with Crippen LogP contribution >= 0.6 is 7.60 Å². The van der Waals surface area contributed by atoms with Gasteiger partial charge in [0.1, 0.15) is 5.78 Å². The van der Waals surface area contributed by atoms with Crippen LogP contribution in [-0.4, -0.2) is 15.6 Å². The highest BCUT2D eigenvalue weighted by molar-refractivity contribution is 7.52. The van der Waals surface area contributed by atoms with Gasteiger partial charge >= 0.3 is 7.60 Å². The summed E-state index contributed by atoms with van der Waals surface area (Å²) in [6.45, 7) is 2.09. The third-order valence-electron chi connectivity index (χ3n) is 1.79. The van der Waals surface area contributed by atoms with E-state index in [0.29, 0.717) is 6.42 Å². The summed E-state index contributed by atoms with van der Waals surface area (Å²) in [6, 6.07) is 0. The van der Waals surface area contributed by atoms with Crippen molar-refractivity contribution in [3.8, 4) is 0 Å². The second-order valence-corrected chi connectivity index (χ2v) is 4.85. The van der Waals surface area contributed by atoms with E-state index in [9.17, 15) is 4.57 Å². The Hall–Kier alpha value is 0.110. The first-order valence-electron chi connectivity index (χ1n) is 4.29. The van der Waals surface area contributed by atoms with Crippen molar-refractivity contribution in [3.05, 3.63) is 0 Å². The number of rotatable bonds is 6. The molecule has 0 saturated carbocycles. The van der Waals surface area contributed by atoms with E-state index in [0.717, 1.165) is 25.7 Å². The van der Waals surface area contributed by atoms with Crippen molar-refractivity contribution in [1.82, 2.24) is 0 Å². The lowest BCUT2D eigenvalue weighted by Crippen LogP contribution is -2.19. The molecular formula is C7H18NO3P. The van der Waals surface area contributed by atoms with Crippen LogP contribution in [-0.2, 0) is 4.57 Å². The lowest BCUT2D eigenvalue weighted by Gasteiger charge is -2.12. The maximum absolute atomic E-state index is 10.6. The molecule has 1 atom stereocenters. The Kier molecular flexibility index (Phi) is 5.76. The molecule has 0 rings (SSSR count). The smallest absolute Gasteiger partial charge is 0.323 e. The van der Waals surface area contributed by atoms with Crippen molar-refractivity contribution in [2.75, 3.05) is 0 Å². The molecule has 4 N–H and O–H groups in total. The highest BCUT2D eigenvalue weighted by Gasteiger charge is 2.23. The lowest BCUT2D eigenvalue weighted by molar-refractivity contribution is 0.353. The second-order valence-electron chi connectivity index (χ2n) is 3.01. The summed E-state index contributed by atoms with van der Waals surface area (Å²) in [5.74, 6) is -0.964. The van der Waals surface area contributed by atoms with E-state index in [1.807, 2.05) is 0 Å². The Morgan fingerprint density at radius 2 is 1.92 bits per heavy atom. The summed E-state index contributed by atoms with van der Waals surface area (Å²) in [7, 11) is -4.03. The predicted octanol–water partition coefficient (Wildman–Crippen LogP) is 1.42. The minimum Gasteiger partial charge on any atom is -0.323 e. The van der Waals surface area contributed by atoms with Gasteiger partial charge in [-0.15, -0.1) is 0 Å². The molecule has 0 spiro atoms. The average Bonchev–Trinajstić information content (AvgIpc) is 1.96. The van der Waals surface area contributed by atoms with Gasteiger partial charge in [0, 0.05) is 0 Å². The van der Waals surface area contributed by atoms with E-state index in [2.05, 4.69) is 6.92 Å². The molecule has 0 amide bonds. The molecule has 0 fully saturated rings. The largest absolute Gasteiger partial charge is 0.342 e. The van der Waals surface area contributed by atoms with Crippen molar-refractivity contribution < 1.29 is 14.4 Å². The molecule has 0 aliphatic heterocycles. The molecule has 0 bridgehead atoms. The van der Waals surface area contributed by atoms with Crippen molar-refractivity contribution in [3.63, 3.8) is 0 Å². The number of unbranched alkanes of at least 4 members (excludes halogenated alkanes) is 3. The van der Waals surface area contributed by atoms with Gasteiger partial charge in [-0.3, -0.25) is 4.57 Å². The summed E-state index contributed by atoms with van der Waals surface area (Å²) in [6.07, 6.45) is 4.45. The van der Waals surface area contributed by atoms with Crippen LogP contribution < -0.4 is 5.73 Å². The van der Waals surface area contributed by atoms with E-state index >= 15 is 0 Å². The fourth-order valence-electron chi connectivity index (χ4n) is 0.948. The monoisotopic (exact) mass is 195 g/mol. The van der Waals surface area contributed by atoms with Gasteiger partial charge in [-0.25, -0.2) is 0 Å².